The fourth-order valence-electron chi connectivity index (χ4n) is 1.48. The van der Waals surface area contributed by atoms with Crippen molar-refractivity contribution in [2.45, 2.75) is 51.6 Å². The highest BCUT2D eigenvalue weighted by molar-refractivity contribution is 5.84. The predicted molar refractivity (Wildman–Crippen MR) is 68.3 cm³/mol. The highest BCUT2D eigenvalue weighted by Gasteiger charge is 2.20. The van der Waals surface area contributed by atoms with Gasteiger partial charge >= 0.3 is 0 Å². The van der Waals surface area contributed by atoms with Crippen molar-refractivity contribution in [3.63, 3.8) is 0 Å². The van der Waals surface area contributed by atoms with E-state index in [0.717, 1.165) is 25.5 Å². The van der Waals surface area contributed by atoms with Crippen molar-refractivity contribution >= 4 is 12.2 Å². The molecule has 0 aromatic rings. The summed E-state index contributed by atoms with van der Waals surface area (Å²) in [6.45, 7) is 4.52. The van der Waals surface area contributed by atoms with Gasteiger partial charge in [-0.3, -0.25) is 4.79 Å². The maximum atomic E-state index is 11.7. The number of unbranched alkanes of at least 4 members (excludes halogenated alkanes) is 1. The SMILES string of the molecule is CCC(C)C(C=O)NC(=O)C(N)CCCCN. The summed E-state index contributed by atoms with van der Waals surface area (Å²) in [5.41, 5.74) is 11.1. The van der Waals surface area contributed by atoms with Crippen LogP contribution in [0, 0.1) is 5.92 Å². The molecule has 5 N–H and O–H groups in total. The number of carbonyl (C=O) groups is 2. The predicted octanol–water partition coefficient (Wildman–Crippen LogP) is 0.173. The van der Waals surface area contributed by atoms with Crippen LogP contribution in [0.15, 0.2) is 0 Å². The average molecular weight is 243 g/mol. The molecule has 100 valence electrons. The highest BCUT2D eigenvalue weighted by Crippen LogP contribution is 2.06. The van der Waals surface area contributed by atoms with E-state index in [9.17, 15) is 9.59 Å². The Kier molecular flexibility index (Phi) is 8.62. The number of amides is 1. The molecule has 17 heavy (non-hydrogen) atoms. The quantitative estimate of drug-likeness (QED) is 0.397. The Bertz CT molecular complexity index is 234. The van der Waals surface area contributed by atoms with Crippen LogP contribution in [-0.2, 0) is 9.59 Å². The maximum absolute atomic E-state index is 11.7. The second-order valence-corrected chi connectivity index (χ2v) is 4.45. The van der Waals surface area contributed by atoms with Gasteiger partial charge in [-0.15, -0.1) is 0 Å². The van der Waals surface area contributed by atoms with Gasteiger partial charge in [-0.1, -0.05) is 26.7 Å². The zero-order valence-corrected chi connectivity index (χ0v) is 10.8. The smallest absolute Gasteiger partial charge is 0.237 e. The first kappa shape index (κ1) is 16.1. The monoisotopic (exact) mass is 243 g/mol. The van der Waals surface area contributed by atoms with E-state index in [4.69, 9.17) is 11.5 Å². The van der Waals surface area contributed by atoms with Gasteiger partial charge < -0.3 is 21.6 Å². The van der Waals surface area contributed by atoms with Gasteiger partial charge in [-0.05, 0) is 25.3 Å². The Balaban J connectivity index is 4.08. The van der Waals surface area contributed by atoms with Crippen LogP contribution in [0.3, 0.4) is 0 Å². The molecule has 0 fully saturated rings. The summed E-state index contributed by atoms with van der Waals surface area (Å²) >= 11 is 0. The molecular weight excluding hydrogens is 218 g/mol. The molecule has 0 aliphatic heterocycles. The van der Waals surface area contributed by atoms with Crippen LogP contribution >= 0.6 is 0 Å². The first-order valence-electron chi connectivity index (χ1n) is 6.28. The van der Waals surface area contributed by atoms with Gasteiger partial charge in [0.1, 0.15) is 6.29 Å². The third-order valence-corrected chi connectivity index (χ3v) is 3.02. The van der Waals surface area contributed by atoms with Gasteiger partial charge in [0.25, 0.3) is 0 Å². The van der Waals surface area contributed by atoms with Crippen molar-refractivity contribution < 1.29 is 9.59 Å². The van der Waals surface area contributed by atoms with E-state index in [0.29, 0.717) is 13.0 Å². The van der Waals surface area contributed by atoms with Gasteiger partial charge in [0.05, 0.1) is 12.1 Å². The van der Waals surface area contributed by atoms with E-state index in [1.165, 1.54) is 0 Å². The largest absolute Gasteiger partial charge is 0.345 e. The third-order valence-electron chi connectivity index (χ3n) is 3.02. The average Bonchev–Trinajstić information content (AvgIpc) is 2.34. The molecule has 5 heteroatoms. The topological polar surface area (TPSA) is 98.2 Å². The summed E-state index contributed by atoms with van der Waals surface area (Å²) in [5, 5.41) is 2.68. The Morgan fingerprint density at radius 2 is 2.06 bits per heavy atom. The maximum Gasteiger partial charge on any atom is 0.237 e. The van der Waals surface area contributed by atoms with Crippen molar-refractivity contribution in [1.82, 2.24) is 5.32 Å². The molecule has 1 amide bonds. The van der Waals surface area contributed by atoms with Crippen LogP contribution in [0.5, 0.6) is 0 Å². The number of nitrogens with one attached hydrogen (secondary N) is 1. The number of aldehydes is 1. The van der Waals surface area contributed by atoms with Crippen LogP contribution in [-0.4, -0.2) is 30.8 Å². The number of hydrogen-bond acceptors (Lipinski definition) is 4. The van der Waals surface area contributed by atoms with Crippen LogP contribution in [0.1, 0.15) is 39.5 Å². The molecule has 0 bridgehead atoms. The first-order chi connectivity index (χ1) is 8.06. The van der Waals surface area contributed by atoms with E-state index in [2.05, 4.69) is 5.32 Å². The molecule has 0 aromatic heterocycles. The van der Waals surface area contributed by atoms with Gasteiger partial charge in [-0.25, -0.2) is 0 Å². The van der Waals surface area contributed by atoms with E-state index in [-0.39, 0.29) is 11.8 Å². The molecule has 0 spiro atoms. The molecule has 3 atom stereocenters. The summed E-state index contributed by atoms with van der Waals surface area (Å²) in [7, 11) is 0. The molecule has 3 unspecified atom stereocenters. The fourth-order valence-corrected chi connectivity index (χ4v) is 1.48. The third kappa shape index (κ3) is 6.38. The van der Waals surface area contributed by atoms with Crippen molar-refractivity contribution in [1.29, 1.82) is 0 Å². The van der Waals surface area contributed by atoms with E-state index in [1.54, 1.807) is 0 Å². The number of rotatable bonds is 9. The van der Waals surface area contributed by atoms with Crippen molar-refractivity contribution in [2.24, 2.45) is 17.4 Å². The Morgan fingerprint density at radius 3 is 2.53 bits per heavy atom. The molecule has 0 rings (SSSR count). The molecule has 0 aliphatic carbocycles. The molecule has 0 radical (unpaired) electrons. The lowest BCUT2D eigenvalue weighted by molar-refractivity contribution is -0.125. The van der Waals surface area contributed by atoms with Crippen molar-refractivity contribution in [2.75, 3.05) is 6.54 Å². The second-order valence-electron chi connectivity index (χ2n) is 4.45. The standard InChI is InChI=1S/C12H25N3O2/c1-3-9(2)11(8-16)15-12(17)10(14)6-4-5-7-13/h8-11H,3-7,13-14H2,1-2H3,(H,15,17). The van der Waals surface area contributed by atoms with Gasteiger partial charge in [-0.2, -0.15) is 0 Å². The van der Waals surface area contributed by atoms with E-state index < -0.39 is 12.1 Å². The fraction of sp³-hybridized carbons (Fsp3) is 0.833. The summed E-state index contributed by atoms with van der Waals surface area (Å²) in [5.74, 6) is -0.118. The Morgan fingerprint density at radius 1 is 1.41 bits per heavy atom. The van der Waals surface area contributed by atoms with Crippen molar-refractivity contribution in [3.05, 3.63) is 0 Å². The van der Waals surface area contributed by atoms with E-state index >= 15 is 0 Å². The summed E-state index contributed by atoms with van der Waals surface area (Å²) in [4.78, 5) is 22.6. The Hall–Kier alpha value is -0.940. The molecule has 5 nitrogen and oxygen atoms in total. The molecule has 0 saturated carbocycles. The number of nitrogens with two attached hydrogens (primary N) is 2. The number of carbonyl (C=O) groups excluding carboxylic acids is 2. The van der Waals surface area contributed by atoms with Gasteiger partial charge in [0.15, 0.2) is 0 Å². The highest BCUT2D eigenvalue weighted by atomic mass is 16.2. The Labute approximate surface area is 103 Å². The summed E-state index contributed by atoms with van der Waals surface area (Å²) in [6.07, 6.45) is 3.92. The van der Waals surface area contributed by atoms with Gasteiger partial charge in [0.2, 0.25) is 5.91 Å². The lowest BCUT2D eigenvalue weighted by Gasteiger charge is -2.20. The lowest BCUT2D eigenvalue weighted by atomic mass is 9.99. The van der Waals surface area contributed by atoms with E-state index in [1.807, 2.05) is 13.8 Å². The zero-order valence-electron chi connectivity index (χ0n) is 10.8. The lowest BCUT2D eigenvalue weighted by Crippen LogP contribution is -2.48. The second kappa shape index (κ2) is 9.13. The first-order valence-corrected chi connectivity index (χ1v) is 6.28. The molecule has 0 aromatic carbocycles. The van der Waals surface area contributed by atoms with Crippen molar-refractivity contribution in [3.8, 4) is 0 Å². The summed E-state index contributed by atoms with van der Waals surface area (Å²) < 4.78 is 0. The molecule has 0 heterocycles. The zero-order chi connectivity index (χ0) is 13.3. The number of hydrogen-bond donors (Lipinski definition) is 3. The van der Waals surface area contributed by atoms with Crippen LogP contribution in [0.25, 0.3) is 0 Å². The molecule has 0 saturated heterocycles. The minimum Gasteiger partial charge on any atom is -0.345 e. The molecule has 0 aliphatic rings. The minimum atomic E-state index is -0.548. The summed E-state index contributed by atoms with van der Waals surface area (Å²) in [6, 6.07) is -0.985. The van der Waals surface area contributed by atoms with Crippen LogP contribution in [0.2, 0.25) is 0 Å². The van der Waals surface area contributed by atoms with Gasteiger partial charge in [0, 0.05) is 0 Å². The normalized spacial score (nSPS) is 16.0. The minimum absolute atomic E-state index is 0.132. The van der Waals surface area contributed by atoms with Crippen LogP contribution < -0.4 is 16.8 Å². The van der Waals surface area contributed by atoms with Crippen LogP contribution in [0.4, 0.5) is 0 Å². The molecular formula is C12H25N3O2.